The molecular formula is C32H36FNO4. The highest BCUT2D eigenvalue weighted by Gasteiger charge is 2.48. The van der Waals surface area contributed by atoms with Gasteiger partial charge in [0, 0.05) is 48.3 Å². The summed E-state index contributed by atoms with van der Waals surface area (Å²) in [6, 6.07) is 11.9. The number of allylic oxidation sites excluding steroid dienone is 4. The van der Waals surface area contributed by atoms with Gasteiger partial charge in [0.05, 0.1) is 7.11 Å². The molecule has 2 aliphatic carbocycles. The number of nitrogens with zero attached hydrogens (tertiary/aromatic N) is 1. The van der Waals surface area contributed by atoms with Gasteiger partial charge in [-0.05, 0) is 59.1 Å². The van der Waals surface area contributed by atoms with Crippen molar-refractivity contribution < 1.29 is 23.5 Å². The first kappa shape index (κ1) is 26.2. The largest absolute Gasteiger partial charge is 0.493 e. The minimum Gasteiger partial charge on any atom is -0.493 e. The van der Waals surface area contributed by atoms with Crippen LogP contribution in [-0.2, 0) is 16.2 Å². The van der Waals surface area contributed by atoms with Gasteiger partial charge in [0.25, 0.3) is 0 Å². The fraction of sp³-hybridized carbons (Fsp3) is 0.438. The van der Waals surface area contributed by atoms with Crippen molar-refractivity contribution in [1.82, 2.24) is 4.90 Å². The Morgan fingerprint density at radius 2 is 1.47 bits per heavy atom. The van der Waals surface area contributed by atoms with E-state index < -0.39 is 5.92 Å². The SMILES string of the molecule is COc1cc(C2C3=C(CC(C)(C)CC3=O)N(C)C3=C2C(=O)CC(C)(C)C3)ccc1OCc1cccc(F)c1. The third-order valence-corrected chi connectivity index (χ3v) is 7.98. The molecular weight excluding hydrogens is 481 g/mol. The second kappa shape index (κ2) is 9.40. The van der Waals surface area contributed by atoms with Crippen LogP contribution in [0.2, 0.25) is 0 Å². The molecule has 0 unspecified atom stereocenters. The first-order valence-electron chi connectivity index (χ1n) is 13.2. The topological polar surface area (TPSA) is 55.8 Å². The maximum absolute atomic E-state index is 13.7. The molecule has 0 saturated heterocycles. The minimum absolute atomic E-state index is 0.0997. The number of hydrogen-bond donors (Lipinski definition) is 0. The quantitative estimate of drug-likeness (QED) is 0.440. The molecule has 2 aromatic carbocycles. The molecule has 0 atom stereocenters. The standard InChI is InChI=1S/C32H36FNO4/c1-31(2)14-22-29(24(35)16-31)28(30-23(34(22)5)15-32(3,4)17-25(30)36)20-10-11-26(27(13-20)37-6)38-18-19-8-7-9-21(33)12-19/h7-13,28H,14-18H2,1-6H3. The summed E-state index contributed by atoms with van der Waals surface area (Å²) in [4.78, 5) is 29.5. The Labute approximate surface area is 224 Å². The van der Waals surface area contributed by atoms with Crippen LogP contribution in [0, 0.1) is 16.6 Å². The van der Waals surface area contributed by atoms with Crippen LogP contribution in [0.4, 0.5) is 4.39 Å². The zero-order chi connectivity index (χ0) is 27.4. The average Bonchev–Trinajstić information content (AvgIpc) is 2.83. The first-order valence-corrected chi connectivity index (χ1v) is 13.2. The van der Waals surface area contributed by atoms with E-state index in [9.17, 15) is 14.0 Å². The molecule has 1 heterocycles. The van der Waals surface area contributed by atoms with Gasteiger partial charge in [-0.3, -0.25) is 9.59 Å². The lowest BCUT2D eigenvalue weighted by molar-refractivity contribution is -0.119. The molecule has 0 radical (unpaired) electrons. The van der Waals surface area contributed by atoms with E-state index in [1.807, 2.05) is 25.2 Å². The molecule has 0 spiro atoms. The van der Waals surface area contributed by atoms with Crippen LogP contribution in [0.1, 0.15) is 70.4 Å². The van der Waals surface area contributed by atoms with E-state index in [0.29, 0.717) is 29.9 Å². The monoisotopic (exact) mass is 517 g/mol. The Morgan fingerprint density at radius 1 is 0.868 bits per heavy atom. The maximum atomic E-state index is 13.7. The van der Waals surface area contributed by atoms with Crippen LogP contribution in [0.5, 0.6) is 11.5 Å². The highest BCUT2D eigenvalue weighted by Crippen LogP contribution is 2.54. The lowest BCUT2D eigenvalue weighted by Gasteiger charge is -2.47. The van der Waals surface area contributed by atoms with Crippen molar-refractivity contribution in [3.63, 3.8) is 0 Å². The summed E-state index contributed by atoms with van der Waals surface area (Å²) in [5, 5.41) is 0. The summed E-state index contributed by atoms with van der Waals surface area (Å²) in [6.45, 7) is 8.71. The zero-order valence-electron chi connectivity index (χ0n) is 23.1. The van der Waals surface area contributed by atoms with E-state index in [1.165, 1.54) is 12.1 Å². The number of methoxy groups -OCH3 is 1. The molecule has 0 saturated carbocycles. The number of hydrogen-bond acceptors (Lipinski definition) is 5. The van der Waals surface area contributed by atoms with Gasteiger partial charge in [-0.1, -0.05) is 45.9 Å². The molecule has 6 heteroatoms. The highest BCUT2D eigenvalue weighted by atomic mass is 19.1. The fourth-order valence-electron chi connectivity index (χ4n) is 6.27. The second-order valence-corrected chi connectivity index (χ2v) is 12.4. The van der Waals surface area contributed by atoms with Crippen molar-refractivity contribution in [2.24, 2.45) is 10.8 Å². The van der Waals surface area contributed by atoms with E-state index in [2.05, 4.69) is 32.6 Å². The summed E-state index contributed by atoms with van der Waals surface area (Å²) in [6.07, 6.45) is 2.45. The predicted molar refractivity (Wildman–Crippen MR) is 144 cm³/mol. The van der Waals surface area contributed by atoms with Gasteiger partial charge < -0.3 is 14.4 Å². The number of carbonyl (C=O) groups excluding carboxylic acids is 2. The minimum atomic E-state index is -0.436. The van der Waals surface area contributed by atoms with E-state index in [-0.39, 0.29) is 34.8 Å². The predicted octanol–water partition coefficient (Wildman–Crippen LogP) is 6.73. The number of halogens is 1. The van der Waals surface area contributed by atoms with Crippen molar-refractivity contribution in [2.75, 3.05) is 14.2 Å². The van der Waals surface area contributed by atoms with Crippen LogP contribution in [-0.4, -0.2) is 30.6 Å². The number of ether oxygens (including phenoxy) is 2. The van der Waals surface area contributed by atoms with Gasteiger partial charge in [-0.25, -0.2) is 4.39 Å². The molecule has 38 heavy (non-hydrogen) atoms. The fourth-order valence-corrected chi connectivity index (χ4v) is 6.27. The van der Waals surface area contributed by atoms with Crippen molar-refractivity contribution >= 4 is 11.6 Å². The molecule has 0 aromatic heterocycles. The van der Waals surface area contributed by atoms with Gasteiger partial charge in [0.1, 0.15) is 12.4 Å². The molecule has 5 nitrogen and oxygen atoms in total. The normalized spacial score (nSPS) is 20.9. The Hall–Kier alpha value is -3.41. The van der Waals surface area contributed by atoms with Gasteiger partial charge in [-0.15, -0.1) is 0 Å². The van der Waals surface area contributed by atoms with Gasteiger partial charge >= 0.3 is 0 Å². The Balaban J connectivity index is 1.59. The van der Waals surface area contributed by atoms with Crippen LogP contribution >= 0.6 is 0 Å². The van der Waals surface area contributed by atoms with E-state index in [4.69, 9.17) is 9.47 Å². The molecule has 2 aromatic rings. The van der Waals surface area contributed by atoms with Crippen molar-refractivity contribution in [3.05, 3.63) is 81.9 Å². The van der Waals surface area contributed by atoms with Crippen LogP contribution in [0.25, 0.3) is 0 Å². The third kappa shape index (κ3) is 4.77. The summed E-state index contributed by atoms with van der Waals surface area (Å²) in [7, 11) is 3.58. The summed E-state index contributed by atoms with van der Waals surface area (Å²) >= 11 is 0. The Kier molecular flexibility index (Phi) is 6.49. The lowest BCUT2D eigenvalue weighted by Crippen LogP contribution is -2.43. The molecule has 0 amide bonds. The molecule has 5 rings (SSSR count). The molecule has 0 fully saturated rings. The summed E-state index contributed by atoms with van der Waals surface area (Å²) in [5.74, 6) is 0.475. The Morgan fingerprint density at radius 3 is 2.03 bits per heavy atom. The van der Waals surface area contributed by atoms with Crippen molar-refractivity contribution in [1.29, 1.82) is 0 Å². The van der Waals surface area contributed by atoms with Crippen LogP contribution < -0.4 is 9.47 Å². The van der Waals surface area contributed by atoms with E-state index >= 15 is 0 Å². The van der Waals surface area contributed by atoms with E-state index in [1.54, 1.807) is 19.2 Å². The first-order chi connectivity index (χ1) is 17.9. The summed E-state index contributed by atoms with van der Waals surface area (Å²) in [5.41, 5.74) is 4.76. The molecule has 3 aliphatic rings. The zero-order valence-corrected chi connectivity index (χ0v) is 23.1. The molecule has 0 bridgehead atoms. The number of rotatable bonds is 5. The van der Waals surface area contributed by atoms with Crippen LogP contribution in [0.3, 0.4) is 0 Å². The number of ketones is 2. The van der Waals surface area contributed by atoms with Gasteiger partial charge in [0.15, 0.2) is 23.1 Å². The maximum Gasteiger partial charge on any atom is 0.162 e. The lowest BCUT2D eigenvalue weighted by atomic mass is 9.64. The van der Waals surface area contributed by atoms with Crippen LogP contribution in [0.15, 0.2) is 65.0 Å². The van der Waals surface area contributed by atoms with Crippen molar-refractivity contribution in [2.45, 2.75) is 65.9 Å². The second-order valence-electron chi connectivity index (χ2n) is 12.4. The van der Waals surface area contributed by atoms with E-state index in [0.717, 1.165) is 40.9 Å². The van der Waals surface area contributed by atoms with Gasteiger partial charge in [-0.2, -0.15) is 0 Å². The highest BCUT2D eigenvalue weighted by molar-refractivity contribution is 6.06. The molecule has 0 N–H and O–H groups in total. The third-order valence-electron chi connectivity index (χ3n) is 7.98. The molecule has 1 aliphatic heterocycles. The number of Topliss-reactive ketones (excluding diaryl/α,β-unsaturated/α-hetero) is 2. The van der Waals surface area contributed by atoms with Crippen molar-refractivity contribution in [3.8, 4) is 11.5 Å². The number of benzene rings is 2. The Bertz CT molecular complexity index is 1330. The van der Waals surface area contributed by atoms with Gasteiger partial charge in [0.2, 0.25) is 0 Å². The average molecular weight is 518 g/mol. The number of carbonyl (C=O) groups is 2. The summed E-state index contributed by atoms with van der Waals surface area (Å²) < 4.78 is 25.3. The smallest absolute Gasteiger partial charge is 0.162 e. The molecule has 200 valence electrons.